The maximum Gasteiger partial charge on any atom is 2.00 e. The van der Waals surface area contributed by atoms with Crippen LogP contribution in [0.5, 0.6) is 0 Å². The largest absolute Gasteiger partial charge is 2.00 e. The first-order valence-electron chi connectivity index (χ1n) is 0. The van der Waals surface area contributed by atoms with Crippen molar-refractivity contribution in [2.24, 2.45) is 0 Å². The van der Waals surface area contributed by atoms with Crippen LogP contribution in [0, 0.1) is 0 Å². The van der Waals surface area contributed by atoms with Crippen molar-refractivity contribution < 1.29 is 19.5 Å². The second kappa shape index (κ2) is 1260. The molecule has 0 fully saturated rings. The van der Waals surface area contributed by atoms with Gasteiger partial charge in [0.2, 0.25) is 0 Å². The van der Waals surface area contributed by atoms with Crippen LogP contribution >= 0.6 is 0 Å². The Balaban J connectivity index is 0. The average Bonchev–Trinajstić information content (AvgIpc) is 0. The Labute approximate surface area is 57.1 Å². The minimum atomic E-state index is 0. The fraction of sp³-hybridized carbons (Fsp3) is 0. The molecule has 0 saturated carbocycles. The Kier molecular flexibility index (Phi) is 368000. The topological polar surface area (TPSA) is 210 Å². The second-order valence-electron chi connectivity index (χ2n) is 0. The summed E-state index contributed by atoms with van der Waals surface area (Å²) in [6.45, 7) is 0. The molecule has 0 saturated heterocycles. The zero-order valence-corrected chi connectivity index (χ0v) is 6.33. The Morgan fingerprint density at radius 1 is 0.286 bits per heavy atom. The van der Waals surface area contributed by atoms with Crippen LogP contribution in [-0.2, 0) is 19.5 Å². The SMILES string of the molecule is N.N.N.N.N.N.[Ru+2]. The van der Waals surface area contributed by atoms with E-state index in [4.69, 9.17) is 0 Å². The average molecular weight is 203 g/mol. The van der Waals surface area contributed by atoms with Gasteiger partial charge >= 0.3 is 19.5 Å². The van der Waals surface area contributed by atoms with Crippen LogP contribution in [0.3, 0.4) is 0 Å². The van der Waals surface area contributed by atoms with Gasteiger partial charge in [-0.05, 0) is 0 Å². The minimum Gasteiger partial charge on any atom is -0.344 e. The summed E-state index contributed by atoms with van der Waals surface area (Å²) in [5, 5.41) is 0. The molecule has 0 amide bonds. The summed E-state index contributed by atoms with van der Waals surface area (Å²) in [4.78, 5) is 0. The van der Waals surface area contributed by atoms with Crippen LogP contribution < -0.4 is 36.9 Å². The number of hydrogen-bond acceptors (Lipinski definition) is 6. The maximum absolute atomic E-state index is 0. The van der Waals surface area contributed by atoms with E-state index in [1.807, 2.05) is 0 Å². The molecule has 0 aliphatic rings. The summed E-state index contributed by atoms with van der Waals surface area (Å²) < 4.78 is 0. The molecule has 0 rings (SSSR count). The van der Waals surface area contributed by atoms with Crippen molar-refractivity contribution in [2.75, 3.05) is 0 Å². The van der Waals surface area contributed by atoms with E-state index >= 15 is 0 Å². The van der Waals surface area contributed by atoms with Crippen molar-refractivity contribution in [3.63, 3.8) is 0 Å². The third-order valence-corrected chi connectivity index (χ3v) is 0. The van der Waals surface area contributed by atoms with Crippen LogP contribution in [0.25, 0.3) is 0 Å². The van der Waals surface area contributed by atoms with Crippen molar-refractivity contribution >= 4 is 0 Å². The van der Waals surface area contributed by atoms with E-state index in [0.717, 1.165) is 0 Å². The zero-order valence-electron chi connectivity index (χ0n) is 4.60. The molecule has 54 valence electrons. The van der Waals surface area contributed by atoms with E-state index in [1.54, 1.807) is 0 Å². The molecule has 7 heteroatoms. The van der Waals surface area contributed by atoms with Crippen LogP contribution in [0.15, 0.2) is 0 Å². The molecular weight excluding hydrogens is 185 g/mol. The molecule has 0 radical (unpaired) electrons. The Hall–Kier alpha value is 0.383. The van der Waals surface area contributed by atoms with Gasteiger partial charge in [0.15, 0.2) is 0 Å². The quantitative estimate of drug-likeness (QED) is 0.315. The molecule has 0 aromatic carbocycles. The predicted molar refractivity (Wildman–Crippen MR) is 30.1 cm³/mol. The standard InChI is InChI=1S/6H3N.Ru/h6*1H3;/q;;;;;;+2. The summed E-state index contributed by atoms with van der Waals surface area (Å²) in [6, 6.07) is 0. The van der Waals surface area contributed by atoms with E-state index in [-0.39, 0.29) is 56.4 Å². The molecule has 0 bridgehead atoms. The van der Waals surface area contributed by atoms with Gasteiger partial charge in [0.25, 0.3) is 0 Å². The molecule has 0 heterocycles. The van der Waals surface area contributed by atoms with Crippen molar-refractivity contribution in [1.29, 1.82) is 0 Å². The monoisotopic (exact) mass is 204 g/mol. The van der Waals surface area contributed by atoms with Crippen molar-refractivity contribution in [3.05, 3.63) is 0 Å². The second-order valence-corrected chi connectivity index (χ2v) is 0. The van der Waals surface area contributed by atoms with Gasteiger partial charge in [-0.1, -0.05) is 0 Å². The molecule has 0 aromatic heterocycles. The van der Waals surface area contributed by atoms with Gasteiger partial charge in [-0.3, -0.25) is 0 Å². The molecule has 0 aliphatic heterocycles. The van der Waals surface area contributed by atoms with E-state index in [2.05, 4.69) is 0 Å². The number of rotatable bonds is 0. The van der Waals surface area contributed by atoms with E-state index in [9.17, 15) is 0 Å². The molecule has 18 N–H and O–H groups in total. The summed E-state index contributed by atoms with van der Waals surface area (Å²) in [5.41, 5.74) is 0. The molecular formula is H18N6Ru+2. The van der Waals surface area contributed by atoms with Gasteiger partial charge in [0.05, 0.1) is 0 Å². The van der Waals surface area contributed by atoms with Gasteiger partial charge in [0.1, 0.15) is 0 Å². The fourth-order valence-corrected chi connectivity index (χ4v) is 0. The molecule has 0 spiro atoms. The first-order valence-corrected chi connectivity index (χ1v) is 0. The Morgan fingerprint density at radius 2 is 0.286 bits per heavy atom. The Morgan fingerprint density at radius 3 is 0.286 bits per heavy atom. The van der Waals surface area contributed by atoms with Crippen LogP contribution in [0.4, 0.5) is 0 Å². The summed E-state index contributed by atoms with van der Waals surface area (Å²) in [5.74, 6) is 0. The van der Waals surface area contributed by atoms with E-state index in [1.165, 1.54) is 0 Å². The van der Waals surface area contributed by atoms with Crippen molar-refractivity contribution in [3.8, 4) is 0 Å². The van der Waals surface area contributed by atoms with Crippen molar-refractivity contribution in [2.45, 2.75) is 0 Å². The maximum atomic E-state index is 0. The van der Waals surface area contributed by atoms with Gasteiger partial charge < -0.3 is 36.9 Å². The molecule has 0 atom stereocenters. The molecule has 7 heavy (non-hydrogen) atoms. The van der Waals surface area contributed by atoms with Crippen LogP contribution in [0.1, 0.15) is 0 Å². The van der Waals surface area contributed by atoms with Gasteiger partial charge in [0, 0.05) is 0 Å². The van der Waals surface area contributed by atoms with Crippen LogP contribution in [0.2, 0.25) is 0 Å². The molecule has 0 unspecified atom stereocenters. The first-order chi connectivity index (χ1) is 0. The molecule has 0 aliphatic carbocycles. The van der Waals surface area contributed by atoms with E-state index in [0.29, 0.717) is 0 Å². The van der Waals surface area contributed by atoms with Gasteiger partial charge in [-0.25, -0.2) is 0 Å². The number of hydrogen-bond donors (Lipinski definition) is 6. The van der Waals surface area contributed by atoms with Gasteiger partial charge in [-0.2, -0.15) is 0 Å². The smallest absolute Gasteiger partial charge is 0.344 e. The zero-order chi connectivity index (χ0) is 0. The normalized spacial score (nSPS) is 0. The molecule has 6 nitrogen and oxygen atoms in total. The summed E-state index contributed by atoms with van der Waals surface area (Å²) >= 11 is 0. The Bertz CT molecular complexity index is 4.14. The summed E-state index contributed by atoms with van der Waals surface area (Å²) in [7, 11) is 0. The third-order valence-electron chi connectivity index (χ3n) is 0. The molecule has 0 aromatic rings. The van der Waals surface area contributed by atoms with Crippen molar-refractivity contribution in [1.82, 2.24) is 36.9 Å². The summed E-state index contributed by atoms with van der Waals surface area (Å²) in [6.07, 6.45) is 0. The minimum absolute atomic E-state index is 0. The fourth-order valence-electron chi connectivity index (χ4n) is 0. The van der Waals surface area contributed by atoms with Gasteiger partial charge in [-0.15, -0.1) is 0 Å². The third kappa shape index (κ3) is 834. The van der Waals surface area contributed by atoms with Crippen LogP contribution in [-0.4, -0.2) is 0 Å². The first kappa shape index (κ1) is 2050. The predicted octanol–water partition coefficient (Wildman–Crippen LogP) is 0.969. The van der Waals surface area contributed by atoms with E-state index < -0.39 is 0 Å².